The first-order chi connectivity index (χ1) is 9.52. The molecule has 2 aromatic rings. The Bertz CT molecular complexity index is 638. The van der Waals surface area contributed by atoms with E-state index >= 15 is 0 Å². The van der Waals surface area contributed by atoms with Crippen LogP contribution in [0.4, 0.5) is 5.69 Å². The molecule has 0 aliphatic heterocycles. The van der Waals surface area contributed by atoms with Crippen molar-refractivity contribution < 1.29 is 4.79 Å². The van der Waals surface area contributed by atoms with E-state index in [9.17, 15) is 4.79 Å². The average Bonchev–Trinajstić information content (AvgIpc) is 2.44. The zero-order chi connectivity index (χ0) is 14.7. The van der Waals surface area contributed by atoms with Crippen molar-refractivity contribution in [1.82, 2.24) is 0 Å². The molecule has 0 unspecified atom stereocenters. The van der Waals surface area contributed by atoms with E-state index in [1.807, 2.05) is 24.3 Å². The molecular weight excluding hydrogens is 317 g/mol. The average molecular weight is 329 g/mol. The second-order valence-electron chi connectivity index (χ2n) is 4.22. The van der Waals surface area contributed by atoms with Crippen LogP contribution < -0.4 is 5.32 Å². The number of benzene rings is 2. The van der Waals surface area contributed by atoms with Gasteiger partial charge >= 0.3 is 0 Å². The Morgan fingerprint density at radius 1 is 1.00 bits per heavy atom. The third-order valence-electron chi connectivity index (χ3n) is 2.89. The molecule has 2 rings (SSSR count). The molecule has 1 N–H and O–H groups in total. The molecule has 0 radical (unpaired) electrons. The zero-order valence-corrected chi connectivity index (χ0v) is 13.0. The first-order valence-electron chi connectivity index (χ1n) is 6.06. The number of rotatable bonds is 3. The summed E-state index contributed by atoms with van der Waals surface area (Å²) in [6.45, 7) is 2.07. The Balaban J connectivity index is 2.26. The van der Waals surface area contributed by atoms with Gasteiger partial charge in [0.1, 0.15) is 0 Å². The molecule has 0 atom stereocenters. The molecule has 20 heavy (non-hydrogen) atoms. The van der Waals surface area contributed by atoms with E-state index in [0.717, 1.165) is 6.42 Å². The van der Waals surface area contributed by atoms with Crippen LogP contribution in [0, 0.1) is 0 Å². The van der Waals surface area contributed by atoms with Gasteiger partial charge in [-0.2, -0.15) is 0 Å². The molecule has 0 aliphatic carbocycles. The van der Waals surface area contributed by atoms with E-state index in [2.05, 4.69) is 12.2 Å². The highest BCUT2D eigenvalue weighted by atomic mass is 35.5. The maximum absolute atomic E-state index is 12.2. The van der Waals surface area contributed by atoms with Gasteiger partial charge in [0.25, 0.3) is 5.91 Å². The van der Waals surface area contributed by atoms with Gasteiger partial charge in [-0.15, -0.1) is 0 Å². The van der Waals surface area contributed by atoms with Crippen LogP contribution >= 0.6 is 34.8 Å². The van der Waals surface area contributed by atoms with E-state index in [4.69, 9.17) is 34.8 Å². The SMILES string of the molecule is CCc1ccc(NC(=O)c2c(Cl)ccc(Cl)c2Cl)cc1. The van der Waals surface area contributed by atoms with E-state index in [1.54, 1.807) is 12.1 Å². The lowest BCUT2D eigenvalue weighted by Crippen LogP contribution is -2.13. The number of aryl methyl sites for hydroxylation is 1. The van der Waals surface area contributed by atoms with Crippen LogP contribution in [0.2, 0.25) is 15.1 Å². The van der Waals surface area contributed by atoms with Crippen LogP contribution in [0.25, 0.3) is 0 Å². The van der Waals surface area contributed by atoms with E-state index in [-0.39, 0.29) is 21.5 Å². The molecule has 0 fully saturated rings. The quantitative estimate of drug-likeness (QED) is 0.745. The van der Waals surface area contributed by atoms with Crippen molar-refractivity contribution in [2.45, 2.75) is 13.3 Å². The standard InChI is InChI=1S/C15H12Cl3NO/c1-2-9-3-5-10(6-4-9)19-15(20)13-11(16)7-8-12(17)14(13)18/h3-8H,2H2,1H3,(H,19,20). The van der Waals surface area contributed by atoms with E-state index in [0.29, 0.717) is 10.7 Å². The molecule has 0 saturated carbocycles. The number of hydrogen-bond acceptors (Lipinski definition) is 1. The molecule has 5 heteroatoms. The maximum Gasteiger partial charge on any atom is 0.258 e. The van der Waals surface area contributed by atoms with E-state index < -0.39 is 0 Å². The summed E-state index contributed by atoms with van der Waals surface area (Å²) in [5.74, 6) is -0.383. The molecule has 104 valence electrons. The van der Waals surface area contributed by atoms with Crippen molar-refractivity contribution in [1.29, 1.82) is 0 Å². The van der Waals surface area contributed by atoms with Crippen LogP contribution in [0.15, 0.2) is 36.4 Å². The van der Waals surface area contributed by atoms with Gasteiger partial charge in [0.2, 0.25) is 0 Å². The number of halogens is 3. The maximum atomic E-state index is 12.2. The summed E-state index contributed by atoms with van der Waals surface area (Å²) in [4.78, 5) is 12.2. The van der Waals surface area contributed by atoms with Crippen LogP contribution in [-0.4, -0.2) is 5.91 Å². The molecule has 2 nitrogen and oxygen atoms in total. The monoisotopic (exact) mass is 327 g/mol. The van der Waals surface area contributed by atoms with Crippen LogP contribution in [-0.2, 0) is 6.42 Å². The molecule has 0 saturated heterocycles. The normalized spacial score (nSPS) is 10.4. The van der Waals surface area contributed by atoms with Gasteiger partial charge in [0.15, 0.2) is 0 Å². The second-order valence-corrected chi connectivity index (χ2v) is 5.42. The van der Waals surface area contributed by atoms with Crippen molar-refractivity contribution in [3.63, 3.8) is 0 Å². The van der Waals surface area contributed by atoms with Gasteiger partial charge in [0, 0.05) is 5.69 Å². The highest BCUT2D eigenvalue weighted by molar-refractivity contribution is 6.46. The lowest BCUT2D eigenvalue weighted by molar-refractivity contribution is 0.102. The molecule has 1 amide bonds. The summed E-state index contributed by atoms with van der Waals surface area (Å²) < 4.78 is 0. The first kappa shape index (κ1) is 15.2. The fourth-order valence-electron chi connectivity index (χ4n) is 1.75. The highest BCUT2D eigenvalue weighted by Gasteiger charge is 2.17. The molecule has 0 aliphatic rings. The van der Waals surface area contributed by atoms with Crippen LogP contribution in [0.1, 0.15) is 22.8 Å². The molecule has 0 spiro atoms. The minimum atomic E-state index is -0.383. The third kappa shape index (κ3) is 3.26. The second kappa shape index (κ2) is 6.49. The molecule has 0 bridgehead atoms. The Labute approximate surface area is 132 Å². The fourth-order valence-corrected chi connectivity index (χ4v) is 2.45. The van der Waals surface area contributed by atoms with Gasteiger partial charge in [-0.25, -0.2) is 0 Å². The smallest absolute Gasteiger partial charge is 0.258 e. The number of hydrogen-bond donors (Lipinski definition) is 1. The summed E-state index contributed by atoms with van der Waals surface area (Å²) in [7, 11) is 0. The molecule has 2 aromatic carbocycles. The van der Waals surface area contributed by atoms with Gasteiger partial charge in [-0.05, 0) is 36.2 Å². The largest absolute Gasteiger partial charge is 0.322 e. The van der Waals surface area contributed by atoms with E-state index in [1.165, 1.54) is 5.56 Å². The number of anilines is 1. The van der Waals surface area contributed by atoms with Crippen molar-refractivity contribution in [3.8, 4) is 0 Å². The van der Waals surface area contributed by atoms with Crippen molar-refractivity contribution in [3.05, 3.63) is 62.6 Å². The van der Waals surface area contributed by atoms with Crippen LogP contribution in [0.5, 0.6) is 0 Å². The summed E-state index contributed by atoms with van der Waals surface area (Å²) in [6, 6.07) is 10.7. The lowest BCUT2D eigenvalue weighted by Gasteiger charge is -2.10. The summed E-state index contributed by atoms with van der Waals surface area (Å²) in [5.41, 5.74) is 2.06. The summed E-state index contributed by atoms with van der Waals surface area (Å²) in [5, 5.41) is 3.47. The van der Waals surface area contributed by atoms with Gasteiger partial charge in [-0.3, -0.25) is 4.79 Å². The summed E-state index contributed by atoms with van der Waals surface area (Å²) in [6.07, 6.45) is 0.945. The van der Waals surface area contributed by atoms with Gasteiger partial charge < -0.3 is 5.32 Å². The van der Waals surface area contributed by atoms with Gasteiger partial charge in [0.05, 0.1) is 20.6 Å². The van der Waals surface area contributed by atoms with Crippen LogP contribution in [0.3, 0.4) is 0 Å². The summed E-state index contributed by atoms with van der Waals surface area (Å²) >= 11 is 17.9. The minimum Gasteiger partial charge on any atom is -0.322 e. The molecule has 0 aromatic heterocycles. The topological polar surface area (TPSA) is 29.1 Å². The number of carbonyl (C=O) groups excluding carboxylic acids is 1. The first-order valence-corrected chi connectivity index (χ1v) is 7.20. The Kier molecular flexibility index (Phi) is 4.92. The minimum absolute atomic E-state index is 0.154. The number of carbonyl (C=O) groups is 1. The predicted molar refractivity (Wildman–Crippen MR) is 85.2 cm³/mol. The van der Waals surface area contributed by atoms with Gasteiger partial charge in [-0.1, -0.05) is 53.9 Å². The highest BCUT2D eigenvalue weighted by Crippen LogP contribution is 2.31. The fraction of sp³-hybridized carbons (Fsp3) is 0.133. The zero-order valence-electron chi connectivity index (χ0n) is 10.7. The van der Waals surface area contributed by atoms with Crippen molar-refractivity contribution >= 4 is 46.4 Å². The third-order valence-corrected chi connectivity index (χ3v) is 4.01. The Hall–Kier alpha value is -1.22. The Morgan fingerprint density at radius 3 is 2.20 bits per heavy atom. The predicted octanol–water partition coefficient (Wildman–Crippen LogP) is 5.46. The molecule has 0 heterocycles. The van der Waals surface area contributed by atoms with Crippen molar-refractivity contribution in [2.75, 3.05) is 5.32 Å². The number of amides is 1. The molecular formula is C15H12Cl3NO. The van der Waals surface area contributed by atoms with Crippen molar-refractivity contribution in [2.24, 2.45) is 0 Å². The lowest BCUT2D eigenvalue weighted by atomic mass is 10.1. The Morgan fingerprint density at radius 2 is 1.60 bits per heavy atom. The number of nitrogens with one attached hydrogen (secondary N) is 1.